The van der Waals surface area contributed by atoms with E-state index in [-0.39, 0.29) is 11.8 Å². The van der Waals surface area contributed by atoms with Crippen molar-refractivity contribution in [2.24, 2.45) is 5.92 Å². The Kier molecular flexibility index (Phi) is 6.71. The van der Waals surface area contributed by atoms with Crippen LogP contribution in [0, 0.1) is 5.92 Å². The predicted molar refractivity (Wildman–Crippen MR) is 88.5 cm³/mol. The van der Waals surface area contributed by atoms with Crippen molar-refractivity contribution in [1.29, 1.82) is 0 Å². The van der Waals surface area contributed by atoms with Gasteiger partial charge in [-0.05, 0) is 39.0 Å². The molecule has 1 heterocycles. The van der Waals surface area contributed by atoms with Gasteiger partial charge in [-0.3, -0.25) is 9.59 Å². The Morgan fingerprint density at radius 2 is 1.64 bits per heavy atom. The van der Waals surface area contributed by atoms with Crippen molar-refractivity contribution in [2.45, 2.75) is 77.7 Å². The van der Waals surface area contributed by atoms with Gasteiger partial charge in [0.05, 0.1) is 0 Å². The Morgan fingerprint density at radius 1 is 1.00 bits per heavy atom. The molecular weight excluding hydrogens is 276 g/mol. The molecule has 0 bridgehead atoms. The summed E-state index contributed by atoms with van der Waals surface area (Å²) in [5.74, 6) is 0.734. The van der Waals surface area contributed by atoms with Crippen LogP contribution in [-0.2, 0) is 9.59 Å². The molecule has 1 saturated heterocycles. The molecule has 2 aliphatic rings. The van der Waals surface area contributed by atoms with Crippen molar-refractivity contribution in [3.8, 4) is 0 Å². The highest BCUT2D eigenvalue weighted by atomic mass is 16.2. The minimum Gasteiger partial charge on any atom is -0.343 e. The van der Waals surface area contributed by atoms with E-state index in [9.17, 15) is 9.59 Å². The van der Waals surface area contributed by atoms with E-state index in [2.05, 4.69) is 11.8 Å². The fourth-order valence-corrected chi connectivity index (χ4v) is 3.97. The zero-order valence-electron chi connectivity index (χ0n) is 14.4. The third-order valence-electron chi connectivity index (χ3n) is 5.30. The number of amides is 2. The number of likely N-dealkylation sites (tertiary alicyclic amines) is 1. The third-order valence-corrected chi connectivity index (χ3v) is 5.30. The molecule has 4 nitrogen and oxygen atoms in total. The van der Waals surface area contributed by atoms with Gasteiger partial charge in [-0.15, -0.1) is 0 Å². The molecule has 0 spiro atoms. The molecule has 0 aromatic carbocycles. The minimum absolute atomic E-state index is 0.132. The first kappa shape index (κ1) is 17.3. The molecule has 22 heavy (non-hydrogen) atoms. The molecule has 126 valence electrons. The molecular formula is C18H32N2O2. The van der Waals surface area contributed by atoms with E-state index in [0.717, 1.165) is 38.9 Å². The maximum absolute atomic E-state index is 12.9. The number of hydrogen-bond donors (Lipinski definition) is 0. The van der Waals surface area contributed by atoms with Crippen LogP contribution in [0.3, 0.4) is 0 Å². The Morgan fingerprint density at radius 3 is 2.18 bits per heavy atom. The summed E-state index contributed by atoms with van der Waals surface area (Å²) in [6, 6.07) is 0.464. The van der Waals surface area contributed by atoms with Crippen molar-refractivity contribution in [2.75, 3.05) is 19.6 Å². The predicted octanol–water partition coefficient (Wildman–Crippen LogP) is 3.21. The van der Waals surface area contributed by atoms with Gasteiger partial charge in [0.2, 0.25) is 11.8 Å². The molecule has 2 rings (SSSR count). The average Bonchev–Trinajstić information content (AvgIpc) is 2.57. The monoisotopic (exact) mass is 308 g/mol. The number of nitrogens with zero attached hydrogens (tertiary/aromatic N) is 2. The lowest BCUT2D eigenvalue weighted by molar-refractivity contribution is -0.142. The summed E-state index contributed by atoms with van der Waals surface area (Å²) in [6.45, 7) is 6.50. The number of piperidine rings is 1. The van der Waals surface area contributed by atoms with Gasteiger partial charge < -0.3 is 9.80 Å². The summed E-state index contributed by atoms with van der Waals surface area (Å²) in [7, 11) is 0. The summed E-state index contributed by atoms with van der Waals surface area (Å²) in [4.78, 5) is 28.9. The molecule has 0 aromatic heterocycles. The zero-order valence-corrected chi connectivity index (χ0v) is 14.4. The van der Waals surface area contributed by atoms with Crippen molar-refractivity contribution in [3.63, 3.8) is 0 Å². The van der Waals surface area contributed by atoms with Gasteiger partial charge in [0, 0.05) is 38.0 Å². The molecule has 4 heteroatoms. The van der Waals surface area contributed by atoms with Gasteiger partial charge >= 0.3 is 0 Å². The number of rotatable bonds is 5. The number of carbonyl (C=O) groups is 2. The van der Waals surface area contributed by atoms with Crippen molar-refractivity contribution in [1.82, 2.24) is 9.80 Å². The molecule has 1 aliphatic heterocycles. The molecule has 0 N–H and O–H groups in total. The molecule has 1 aliphatic carbocycles. The molecule has 1 saturated carbocycles. The Balaban J connectivity index is 1.86. The maximum atomic E-state index is 12.9. The van der Waals surface area contributed by atoms with Crippen LogP contribution in [-0.4, -0.2) is 47.3 Å². The normalized spacial score (nSPS) is 20.9. The summed E-state index contributed by atoms with van der Waals surface area (Å²) in [5, 5.41) is 0. The van der Waals surface area contributed by atoms with Crippen LogP contribution in [0.15, 0.2) is 0 Å². The lowest BCUT2D eigenvalue weighted by Gasteiger charge is -2.38. The first-order chi connectivity index (χ1) is 10.7. The Labute approximate surface area is 135 Å². The van der Waals surface area contributed by atoms with Gasteiger partial charge in [0.25, 0.3) is 0 Å². The average molecular weight is 308 g/mol. The second-order valence-electron chi connectivity index (χ2n) is 6.82. The van der Waals surface area contributed by atoms with E-state index in [0.29, 0.717) is 18.4 Å². The van der Waals surface area contributed by atoms with Crippen LogP contribution >= 0.6 is 0 Å². The van der Waals surface area contributed by atoms with Crippen LogP contribution in [0.2, 0.25) is 0 Å². The van der Waals surface area contributed by atoms with E-state index < -0.39 is 0 Å². The topological polar surface area (TPSA) is 40.6 Å². The SMILES string of the molecule is CCCC(=O)N1CCC(C(=O)N(CC)C2CCCCC2)CC1. The molecule has 0 atom stereocenters. The third kappa shape index (κ3) is 4.23. The van der Waals surface area contributed by atoms with Crippen LogP contribution in [0.1, 0.15) is 71.6 Å². The minimum atomic E-state index is 0.132. The number of hydrogen-bond acceptors (Lipinski definition) is 2. The van der Waals surface area contributed by atoms with Crippen LogP contribution in [0.25, 0.3) is 0 Å². The van der Waals surface area contributed by atoms with E-state index >= 15 is 0 Å². The van der Waals surface area contributed by atoms with Gasteiger partial charge in [0.1, 0.15) is 0 Å². The molecule has 0 unspecified atom stereocenters. The first-order valence-electron chi connectivity index (χ1n) is 9.25. The smallest absolute Gasteiger partial charge is 0.226 e. The zero-order chi connectivity index (χ0) is 15.9. The van der Waals surface area contributed by atoms with E-state index in [1.54, 1.807) is 0 Å². The van der Waals surface area contributed by atoms with Crippen molar-refractivity contribution < 1.29 is 9.59 Å². The summed E-state index contributed by atoms with van der Waals surface area (Å²) in [6.07, 6.45) is 9.43. The van der Waals surface area contributed by atoms with Crippen molar-refractivity contribution in [3.05, 3.63) is 0 Å². The first-order valence-corrected chi connectivity index (χ1v) is 9.25. The molecule has 2 fully saturated rings. The highest BCUT2D eigenvalue weighted by Gasteiger charge is 2.32. The second-order valence-corrected chi connectivity index (χ2v) is 6.82. The highest BCUT2D eigenvalue weighted by molar-refractivity contribution is 5.80. The van der Waals surface area contributed by atoms with E-state index in [1.807, 2.05) is 11.8 Å². The quantitative estimate of drug-likeness (QED) is 0.782. The largest absolute Gasteiger partial charge is 0.343 e. The maximum Gasteiger partial charge on any atom is 0.226 e. The van der Waals surface area contributed by atoms with E-state index in [4.69, 9.17) is 0 Å². The molecule has 0 aromatic rings. The second kappa shape index (κ2) is 8.54. The van der Waals surface area contributed by atoms with Crippen molar-refractivity contribution >= 4 is 11.8 Å². The van der Waals surface area contributed by atoms with Gasteiger partial charge in [-0.1, -0.05) is 26.2 Å². The van der Waals surface area contributed by atoms with Crippen LogP contribution < -0.4 is 0 Å². The van der Waals surface area contributed by atoms with Gasteiger partial charge in [-0.25, -0.2) is 0 Å². The van der Waals surface area contributed by atoms with Crippen LogP contribution in [0.4, 0.5) is 0 Å². The lowest BCUT2D eigenvalue weighted by atomic mass is 9.90. The summed E-state index contributed by atoms with van der Waals surface area (Å²) < 4.78 is 0. The van der Waals surface area contributed by atoms with E-state index in [1.165, 1.54) is 32.1 Å². The summed E-state index contributed by atoms with van der Waals surface area (Å²) >= 11 is 0. The fraction of sp³-hybridized carbons (Fsp3) is 0.889. The highest BCUT2D eigenvalue weighted by Crippen LogP contribution is 2.27. The lowest BCUT2D eigenvalue weighted by Crippen LogP contribution is -2.48. The van der Waals surface area contributed by atoms with Crippen LogP contribution in [0.5, 0.6) is 0 Å². The Bertz CT molecular complexity index is 369. The molecule has 0 radical (unpaired) electrons. The van der Waals surface area contributed by atoms with Gasteiger partial charge in [-0.2, -0.15) is 0 Å². The molecule has 2 amide bonds. The number of carbonyl (C=O) groups excluding carboxylic acids is 2. The Hall–Kier alpha value is -1.06. The standard InChI is InChI=1S/C18H32N2O2/c1-3-8-17(21)19-13-11-15(12-14-19)18(22)20(4-2)16-9-6-5-7-10-16/h15-16H,3-14H2,1-2H3. The fourth-order valence-electron chi connectivity index (χ4n) is 3.97. The van der Waals surface area contributed by atoms with Gasteiger partial charge in [0.15, 0.2) is 0 Å². The summed E-state index contributed by atoms with van der Waals surface area (Å²) in [5.41, 5.74) is 0.